The van der Waals surface area contributed by atoms with Crippen LogP contribution in [0.15, 0.2) is 73.1 Å². The predicted molar refractivity (Wildman–Crippen MR) is 136 cm³/mol. The molecule has 180 valence electrons. The summed E-state index contributed by atoms with van der Waals surface area (Å²) in [5.74, 6) is -1.67. The highest BCUT2D eigenvalue weighted by Crippen LogP contribution is 2.39. The minimum absolute atomic E-state index is 0.00219. The summed E-state index contributed by atoms with van der Waals surface area (Å²) in [6.45, 7) is 3.72. The highest BCUT2D eigenvalue weighted by molar-refractivity contribution is 6.53. The van der Waals surface area contributed by atoms with Gasteiger partial charge in [-0.1, -0.05) is 36.2 Å². The largest absolute Gasteiger partial charge is 0.858 e. The molecule has 0 bridgehead atoms. The molecule has 2 aromatic carbocycles. The van der Waals surface area contributed by atoms with E-state index in [2.05, 4.69) is 5.10 Å². The minimum Gasteiger partial charge on any atom is -0.858 e. The lowest BCUT2D eigenvalue weighted by Gasteiger charge is -2.16. The standard InChI is InChI=1S/C27H20Cl2N4O3/c1-3-21-22(26(35)33(30-21)19-11-9-17(28)10-12-19)23-24(31-13-5-6-16(2)15-31)27(36)32(25(23)34)20-8-4-7-18(29)14-20/h4-15H,3H2,1-2H3. The molecule has 0 unspecified atom stereocenters. The fourth-order valence-electron chi connectivity index (χ4n) is 4.27. The van der Waals surface area contributed by atoms with Crippen LogP contribution in [0.3, 0.4) is 0 Å². The monoisotopic (exact) mass is 518 g/mol. The van der Waals surface area contributed by atoms with Crippen molar-refractivity contribution in [2.45, 2.75) is 20.3 Å². The first-order chi connectivity index (χ1) is 17.3. The molecule has 4 aromatic rings. The fourth-order valence-corrected chi connectivity index (χ4v) is 4.58. The van der Waals surface area contributed by atoms with Crippen LogP contribution < -0.4 is 14.6 Å². The van der Waals surface area contributed by atoms with Crippen LogP contribution in [0, 0.1) is 6.92 Å². The molecule has 3 heterocycles. The van der Waals surface area contributed by atoms with Crippen LogP contribution in [-0.4, -0.2) is 21.6 Å². The maximum absolute atomic E-state index is 13.9. The normalized spacial score (nSPS) is 13.7. The van der Waals surface area contributed by atoms with E-state index in [1.54, 1.807) is 65.5 Å². The Kier molecular flexibility index (Phi) is 6.12. The Balaban J connectivity index is 1.77. The Morgan fingerprint density at radius 3 is 2.36 bits per heavy atom. The number of nitrogens with zero attached hydrogens (tertiary/aromatic N) is 4. The molecular weight excluding hydrogens is 499 g/mol. The van der Waals surface area contributed by atoms with Gasteiger partial charge in [-0.3, -0.25) is 9.59 Å². The molecule has 0 atom stereocenters. The molecule has 1 aliphatic heterocycles. The van der Waals surface area contributed by atoms with Gasteiger partial charge in [-0.2, -0.15) is 9.67 Å². The second-order valence-electron chi connectivity index (χ2n) is 8.31. The van der Waals surface area contributed by atoms with E-state index in [-0.39, 0.29) is 16.8 Å². The van der Waals surface area contributed by atoms with E-state index in [4.69, 9.17) is 23.2 Å². The van der Waals surface area contributed by atoms with Crippen LogP contribution in [0.1, 0.15) is 23.7 Å². The molecule has 0 aliphatic carbocycles. The van der Waals surface area contributed by atoms with Crippen molar-refractivity contribution < 1.29 is 19.3 Å². The molecule has 0 saturated carbocycles. The summed E-state index contributed by atoms with van der Waals surface area (Å²) in [5.41, 5.74) is 2.27. The lowest BCUT2D eigenvalue weighted by atomic mass is 10.0. The van der Waals surface area contributed by atoms with Crippen molar-refractivity contribution in [3.8, 4) is 11.6 Å². The van der Waals surface area contributed by atoms with Gasteiger partial charge < -0.3 is 5.11 Å². The molecule has 7 nitrogen and oxygen atoms in total. The molecule has 36 heavy (non-hydrogen) atoms. The lowest BCUT2D eigenvalue weighted by molar-refractivity contribution is -0.577. The summed E-state index contributed by atoms with van der Waals surface area (Å²) >= 11 is 12.2. The van der Waals surface area contributed by atoms with E-state index in [9.17, 15) is 14.7 Å². The number of hydrogen-bond donors (Lipinski definition) is 0. The van der Waals surface area contributed by atoms with Gasteiger partial charge in [0, 0.05) is 27.2 Å². The van der Waals surface area contributed by atoms with Gasteiger partial charge in [0.25, 0.3) is 11.6 Å². The first-order valence-corrected chi connectivity index (χ1v) is 12.0. The van der Waals surface area contributed by atoms with Crippen molar-refractivity contribution in [2.75, 3.05) is 4.90 Å². The fraction of sp³-hybridized carbons (Fsp3) is 0.111. The quantitative estimate of drug-likeness (QED) is 0.290. The predicted octanol–water partition coefficient (Wildman–Crippen LogP) is 4.35. The Hall–Kier alpha value is -3.94. The lowest BCUT2D eigenvalue weighted by Crippen LogP contribution is -2.39. The number of aryl methyl sites for hydroxylation is 2. The minimum atomic E-state index is -0.617. The van der Waals surface area contributed by atoms with E-state index in [0.29, 0.717) is 33.5 Å². The van der Waals surface area contributed by atoms with Crippen LogP contribution in [0.25, 0.3) is 17.0 Å². The third-order valence-corrected chi connectivity index (χ3v) is 6.39. The molecule has 9 heteroatoms. The molecule has 0 N–H and O–H groups in total. The van der Waals surface area contributed by atoms with Crippen LogP contribution in [0.4, 0.5) is 5.69 Å². The van der Waals surface area contributed by atoms with Crippen molar-refractivity contribution in [1.29, 1.82) is 0 Å². The number of anilines is 1. The van der Waals surface area contributed by atoms with Crippen molar-refractivity contribution in [1.82, 2.24) is 9.78 Å². The summed E-state index contributed by atoms with van der Waals surface area (Å²) in [4.78, 5) is 28.7. The summed E-state index contributed by atoms with van der Waals surface area (Å²) < 4.78 is 2.81. The van der Waals surface area contributed by atoms with E-state index in [1.807, 2.05) is 19.9 Å². The first-order valence-electron chi connectivity index (χ1n) is 11.2. The van der Waals surface area contributed by atoms with E-state index in [0.717, 1.165) is 10.5 Å². The van der Waals surface area contributed by atoms with Gasteiger partial charge in [-0.25, -0.2) is 9.58 Å². The highest BCUT2D eigenvalue weighted by Gasteiger charge is 2.47. The second kappa shape index (κ2) is 9.26. The maximum Gasteiger partial charge on any atom is 0.331 e. The van der Waals surface area contributed by atoms with Crippen LogP contribution in [0.5, 0.6) is 5.88 Å². The van der Waals surface area contributed by atoms with Crippen LogP contribution >= 0.6 is 23.2 Å². The number of benzene rings is 2. The molecule has 0 radical (unpaired) electrons. The number of pyridine rings is 1. The number of carbonyl (C=O) groups excluding carboxylic acids is 2. The maximum atomic E-state index is 13.9. The number of aromatic nitrogens is 3. The van der Waals surface area contributed by atoms with Crippen molar-refractivity contribution in [3.63, 3.8) is 0 Å². The highest BCUT2D eigenvalue weighted by atomic mass is 35.5. The number of halogens is 2. The van der Waals surface area contributed by atoms with Gasteiger partial charge >= 0.3 is 5.91 Å². The number of hydrogen-bond acceptors (Lipinski definition) is 4. The Morgan fingerprint density at radius 2 is 1.69 bits per heavy atom. The second-order valence-corrected chi connectivity index (χ2v) is 9.18. The van der Waals surface area contributed by atoms with Gasteiger partial charge in [-0.15, -0.1) is 0 Å². The van der Waals surface area contributed by atoms with Crippen molar-refractivity contribution in [2.24, 2.45) is 0 Å². The zero-order chi connectivity index (χ0) is 25.6. The molecule has 0 spiro atoms. The average Bonchev–Trinajstić information content (AvgIpc) is 3.31. The van der Waals surface area contributed by atoms with Gasteiger partial charge in [-0.05, 0) is 67.8 Å². The van der Waals surface area contributed by atoms with E-state index < -0.39 is 17.7 Å². The van der Waals surface area contributed by atoms with Gasteiger partial charge in [0.2, 0.25) is 0 Å². The van der Waals surface area contributed by atoms with Crippen molar-refractivity contribution in [3.05, 3.63) is 99.9 Å². The Morgan fingerprint density at radius 1 is 0.944 bits per heavy atom. The summed E-state index contributed by atoms with van der Waals surface area (Å²) in [5, 5.41) is 19.1. The molecule has 0 saturated heterocycles. The summed E-state index contributed by atoms with van der Waals surface area (Å²) in [6, 6.07) is 16.8. The molecule has 0 fully saturated rings. The molecule has 1 aliphatic rings. The van der Waals surface area contributed by atoms with Crippen molar-refractivity contribution >= 4 is 52.0 Å². The average molecular weight is 519 g/mol. The first kappa shape index (κ1) is 23.8. The molecule has 2 amide bonds. The number of rotatable bonds is 5. The van der Waals surface area contributed by atoms with E-state index in [1.165, 1.54) is 10.7 Å². The topological polar surface area (TPSA) is 82.1 Å². The van der Waals surface area contributed by atoms with Gasteiger partial charge in [0.15, 0.2) is 12.4 Å². The van der Waals surface area contributed by atoms with Crippen LogP contribution in [0.2, 0.25) is 10.0 Å². The third-order valence-electron chi connectivity index (χ3n) is 5.90. The number of carbonyl (C=O) groups is 2. The van der Waals surface area contributed by atoms with Gasteiger partial charge in [0.1, 0.15) is 5.57 Å². The smallest absolute Gasteiger partial charge is 0.331 e. The SMILES string of the molecule is CCc1nn(-c2ccc(Cl)cc2)c([O-])c1C1=C([n+]2cccc(C)c2)C(=O)N(c2cccc(Cl)c2)C1=O. The number of imide groups is 1. The van der Waals surface area contributed by atoms with E-state index >= 15 is 0 Å². The zero-order valence-corrected chi connectivity index (χ0v) is 20.9. The Labute approximate surface area is 217 Å². The molecule has 5 rings (SSSR count). The Bertz CT molecular complexity index is 1560. The zero-order valence-electron chi connectivity index (χ0n) is 19.4. The van der Waals surface area contributed by atoms with Gasteiger partial charge in [0.05, 0.1) is 17.1 Å². The number of amides is 2. The third kappa shape index (κ3) is 3.96. The van der Waals surface area contributed by atoms with Crippen LogP contribution in [-0.2, 0) is 16.0 Å². The molecular formula is C27H20Cl2N4O3. The summed E-state index contributed by atoms with van der Waals surface area (Å²) in [6.07, 6.45) is 3.79. The molecule has 2 aromatic heterocycles. The summed E-state index contributed by atoms with van der Waals surface area (Å²) in [7, 11) is 0.